The van der Waals surface area contributed by atoms with Crippen molar-refractivity contribution in [1.82, 2.24) is 9.80 Å². The average Bonchev–Trinajstić information content (AvgIpc) is 3.20. The lowest BCUT2D eigenvalue weighted by Gasteiger charge is -2.34. The molecule has 0 amide bonds. The molecule has 0 atom stereocenters. The molecule has 1 fully saturated rings. The van der Waals surface area contributed by atoms with Crippen LogP contribution in [0.4, 0.5) is 0 Å². The van der Waals surface area contributed by atoms with Gasteiger partial charge in [-0.2, -0.15) is 0 Å². The maximum absolute atomic E-state index is 11.6. The zero-order chi connectivity index (χ0) is 19.9. The van der Waals surface area contributed by atoms with Gasteiger partial charge in [0.25, 0.3) is 0 Å². The van der Waals surface area contributed by atoms with Crippen molar-refractivity contribution in [3.63, 3.8) is 0 Å². The van der Waals surface area contributed by atoms with Crippen LogP contribution in [0.2, 0.25) is 0 Å². The third-order valence-electron chi connectivity index (χ3n) is 5.55. The Hall–Kier alpha value is -2.49. The SMILES string of the molecule is O=C=C(CCN1CCN(CC=Cc2ccccc2)CC1)c1csc2ccccc12. The van der Waals surface area contributed by atoms with Crippen molar-refractivity contribution in [1.29, 1.82) is 0 Å². The van der Waals surface area contributed by atoms with Crippen molar-refractivity contribution < 1.29 is 4.79 Å². The van der Waals surface area contributed by atoms with Crippen LogP contribution in [0, 0.1) is 0 Å². The summed E-state index contributed by atoms with van der Waals surface area (Å²) in [6.07, 6.45) is 5.21. The van der Waals surface area contributed by atoms with Gasteiger partial charge in [0, 0.05) is 65.9 Å². The summed E-state index contributed by atoms with van der Waals surface area (Å²) in [6.45, 7) is 6.15. The second-order valence-electron chi connectivity index (χ2n) is 7.43. The number of rotatable bonds is 7. The predicted molar refractivity (Wildman–Crippen MR) is 124 cm³/mol. The summed E-state index contributed by atoms with van der Waals surface area (Å²) >= 11 is 1.70. The van der Waals surface area contributed by atoms with Crippen molar-refractivity contribution in [2.24, 2.45) is 0 Å². The van der Waals surface area contributed by atoms with Gasteiger partial charge in [-0.15, -0.1) is 11.3 Å². The predicted octanol–water partition coefficient (Wildman–Crippen LogP) is 4.84. The fourth-order valence-electron chi connectivity index (χ4n) is 3.82. The van der Waals surface area contributed by atoms with E-state index in [0.29, 0.717) is 0 Å². The molecule has 4 rings (SSSR count). The van der Waals surface area contributed by atoms with E-state index in [1.807, 2.05) is 18.2 Å². The molecule has 0 saturated carbocycles. The van der Waals surface area contributed by atoms with Crippen LogP contribution in [0.15, 0.2) is 66.1 Å². The summed E-state index contributed by atoms with van der Waals surface area (Å²) < 4.78 is 1.23. The minimum atomic E-state index is 0.762. The lowest BCUT2D eigenvalue weighted by molar-refractivity contribution is 0.145. The van der Waals surface area contributed by atoms with Crippen molar-refractivity contribution in [2.45, 2.75) is 6.42 Å². The number of nitrogens with zero attached hydrogens (tertiary/aromatic N) is 2. The smallest absolute Gasteiger partial charge is 0.128 e. The minimum absolute atomic E-state index is 0.762. The van der Waals surface area contributed by atoms with Gasteiger partial charge < -0.3 is 4.90 Å². The summed E-state index contributed by atoms with van der Waals surface area (Å²) in [5.41, 5.74) is 3.11. The maximum Gasteiger partial charge on any atom is 0.128 e. The highest BCUT2D eigenvalue weighted by molar-refractivity contribution is 7.17. The van der Waals surface area contributed by atoms with E-state index in [9.17, 15) is 4.79 Å². The number of carbonyl (C=O) groups excluding carboxylic acids is 1. The molecule has 2 heterocycles. The lowest BCUT2D eigenvalue weighted by Crippen LogP contribution is -2.46. The third kappa shape index (κ3) is 5.11. The molecule has 0 radical (unpaired) electrons. The van der Waals surface area contributed by atoms with E-state index in [2.05, 4.69) is 69.7 Å². The Morgan fingerprint density at radius 2 is 1.69 bits per heavy atom. The summed E-state index contributed by atoms with van der Waals surface area (Å²) in [4.78, 5) is 16.6. The standard InChI is InChI=1S/C25H26N2OS/c28-19-22(24-20-29-25-11-5-4-10-23(24)25)12-14-27-17-15-26(16-18-27)13-6-9-21-7-2-1-3-8-21/h1-11,20H,12-18H2. The average molecular weight is 403 g/mol. The van der Waals surface area contributed by atoms with Crippen molar-refractivity contribution in [3.8, 4) is 0 Å². The second-order valence-corrected chi connectivity index (χ2v) is 8.34. The molecule has 148 valence electrons. The number of thiophene rings is 1. The number of hydrogen-bond acceptors (Lipinski definition) is 4. The van der Waals surface area contributed by atoms with Crippen LogP contribution in [0.5, 0.6) is 0 Å². The number of piperazine rings is 1. The Kier molecular flexibility index (Phi) is 6.71. The highest BCUT2D eigenvalue weighted by atomic mass is 32.1. The van der Waals surface area contributed by atoms with Crippen LogP contribution >= 0.6 is 11.3 Å². The van der Waals surface area contributed by atoms with Crippen LogP contribution in [-0.4, -0.2) is 55.0 Å². The van der Waals surface area contributed by atoms with Gasteiger partial charge in [0.15, 0.2) is 0 Å². The van der Waals surface area contributed by atoms with Gasteiger partial charge >= 0.3 is 0 Å². The van der Waals surface area contributed by atoms with E-state index in [1.165, 1.54) is 15.6 Å². The van der Waals surface area contributed by atoms with Gasteiger partial charge in [-0.1, -0.05) is 60.7 Å². The van der Waals surface area contributed by atoms with Gasteiger partial charge in [0.05, 0.1) is 0 Å². The van der Waals surface area contributed by atoms with Crippen LogP contribution in [0.1, 0.15) is 17.5 Å². The molecule has 29 heavy (non-hydrogen) atoms. The van der Waals surface area contributed by atoms with Gasteiger partial charge in [-0.3, -0.25) is 4.90 Å². The fraction of sp³-hybridized carbons (Fsp3) is 0.280. The molecule has 1 saturated heterocycles. The summed E-state index contributed by atoms with van der Waals surface area (Å²) in [6, 6.07) is 18.7. The quantitative estimate of drug-likeness (QED) is 0.529. The highest BCUT2D eigenvalue weighted by Crippen LogP contribution is 2.31. The summed E-state index contributed by atoms with van der Waals surface area (Å²) in [5, 5.41) is 3.27. The van der Waals surface area contributed by atoms with Gasteiger partial charge in [0.1, 0.15) is 5.94 Å². The van der Waals surface area contributed by atoms with Gasteiger partial charge in [0.2, 0.25) is 0 Å². The molecule has 0 aliphatic carbocycles. The van der Waals surface area contributed by atoms with Crippen molar-refractivity contribution in [2.75, 3.05) is 39.3 Å². The van der Waals surface area contributed by atoms with E-state index >= 15 is 0 Å². The zero-order valence-electron chi connectivity index (χ0n) is 16.6. The summed E-state index contributed by atoms with van der Waals surface area (Å²) in [5.74, 6) is 2.22. The first-order valence-corrected chi connectivity index (χ1v) is 11.1. The molecular formula is C25H26N2OS. The highest BCUT2D eigenvalue weighted by Gasteiger charge is 2.17. The molecule has 1 aromatic heterocycles. The summed E-state index contributed by atoms with van der Waals surface area (Å²) in [7, 11) is 0. The Morgan fingerprint density at radius 3 is 2.48 bits per heavy atom. The van der Waals surface area contributed by atoms with E-state index in [4.69, 9.17) is 0 Å². The maximum atomic E-state index is 11.6. The molecule has 0 unspecified atom stereocenters. The van der Waals surface area contributed by atoms with E-state index in [-0.39, 0.29) is 0 Å². The normalized spacial score (nSPS) is 15.7. The van der Waals surface area contributed by atoms with Gasteiger partial charge in [-0.25, -0.2) is 4.79 Å². The van der Waals surface area contributed by atoms with Crippen LogP contribution in [0.3, 0.4) is 0 Å². The minimum Gasteiger partial charge on any atom is -0.300 e. The van der Waals surface area contributed by atoms with E-state index in [1.54, 1.807) is 11.3 Å². The number of benzene rings is 2. The lowest BCUT2D eigenvalue weighted by atomic mass is 10.0. The molecular weight excluding hydrogens is 376 g/mol. The van der Waals surface area contributed by atoms with Crippen LogP contribution in [0.25, 0.3) is 21.7 Å². The first-order chi connectivity index (χ1) is 14.3. The Bertz CT molecular complexity index is 1010. The molecule has 0 bridgehead atoms. The topological polar surface area (TPSA) is 23.6 Å². The first kappa shape index (κ1) is 19.8. The number of hydrogen-bond donors (Lipinski definition) is 0. The fourth-order valence-corrected chi connectivity index (χ4v) is 4.80. The molecule has 1 aliphatic rings. The zero-order valence-corrected chi connectivity index (χ0v) is 17.4. The molecule has 1 aliphatic heterocycles. The Labute approximate surface area is 176 Å². The molecule has 2 aromatic carbocycles. The van der Waals surface area contributed by atoms with E-state index in [0.717, 1.165) is 56.8 Å². The molecule has 0 N–H and O–H groups in total. The van der Waals surface area contributed by atoms with Crippen LogP contribution in [-0.2, 0) is 4.79 Å². The second kappa shape index (κ2) is 9.82. The monoisotopic (exact) mass is 402 g/mol. The third-order valence-corrected chi connectivity index (χ3v) is 6.51. The number of fused-ring (bicyclic) bond motifs is 1. The largest absolute Gasteiger partial charge is 0.300 e. The van der Waals surface area contributed by atoms with E-state index < -0.39 is 0 Å². The molecule has 4 heteroatoms. The first-order valence-electron chi connectivity index (χ1n) is 10.2. The molecule has 3 nitrogen and oxygen atoms in total. The molecule has 0 spiro atoms. The van der Waals surface area contributed by atoms with Gasteiger partial charge in [-0.05, 0) is 18.1 Å². The Balaban J connectivity index is 1.25. The van der Waals surface area contributed by atoms with Crippen LogP contribution < -0.4 is 0 Å². The van der Waals surface area contributed by atoms with Crippen molar-refractivity contribution >= 4 is 39.0 Å². The molecule has 3 aromatic rings. The van der Waals surface area contributed by atoms with Crippen molar-refractivity contribution in [3.05, 3.63) is 77.2 Å². The Morgan fingerprint density at radius 1 is 0.966 bits per heavy atom.